The first-order valence-electron chi connectivity index (χ1n) is 9.49. The van der Waals surface area contributed by atoms with Crippen molar-refractivity contribution in [3.8, 4) is 0 Å². The van der Waals surface area contributed by atoms with Crippen LogP contribution in [-0.2, 0) is 16.1 Å². The van der Waals surface area contributed by atoms with Gasteiger partial charge in [0.2, 0.25) is 5.91 Å². The second-order valence-electron chi connectivity index (χ2n) is 7.33. The molecule has 0 unspecified atom stereocenters. The van der Waals surface area contributed by atoms with Gasteiger partial charge < -0.3 is 19.0 Å². The summed E-state index contributed by atoms with van der Waals surface area (Å²) in [6.45, 7) is 5.41. The SMILES string of the molecule is COC(=O)c1[nH]c(C)c(C(=O)[C@H](C)N(Cc2ccco2)C(=O)C2CCC2)c1C. The van der Waals surface area contributed by atoms with E-state index in [-0.39, 0.29) is 29.8 Å². The quantitative estimate of drug-likeness (QED) is 0.581. The summed E-state index contributed by atoms with van der Waals surface area (Å²) < 4.78 is 10.2. The second kappa shape index (κ2) is 8.04. The Morgan fingerprint density at radius 2 is 2.04 bits per heavy atom. The molecule has 3 rings (SSSR count). The van der Waals surface area contributed by atoms with E-state index in [1.54, 1.807) is 44.1 Å². The van der Waals surface area contributed by atoms with Gasteiger partial charge in [0, 0.05) is 17.2 Å². The predicted octanol–water partition coefficient (Wildman–Crippen LogP) is 3.41. The van der Waals surface area contributed by atoms with E-state index in [1.165, 1.54) is 7.11 Å². The molecule has 1 N–H and O–H groups in total. The van der Waals surface area contributed by atoms with Crippen molar-refractivity contribution in [3.05, 3.63) is 46.7 Å². The maximum Gasteiger partial charge on any atom is 0.354 e. The second-order valence-corrected chi connectivity index (χ2v) is 7.33. The standard InChI is InChI=1S/C21H26N2O5/c1-12-17(13(2)22-18(12)21(26)27-4)19(24)14(3)23(11-16-9-6-10-28-16)20(25)15-7-5-8-15/h6,9-10,14-15,22H,5,7-8,11H2,1-4H3/t14-/m0/s1. The summed E-state index contributed by atoms with van der Waals surface area (Å²) in [6.07, 6.45) is 4.29. The number of nitrogens with zero attached hydrogens (tertiary/aromatic N) is 1. The Hall–Kier alpha value is -2.83. The zero-order chi connectivity index (χ0) is 20.4. The van der Waals surface area contributed by atoms with E-state index in [2.05, 4.69) is 4.98 Å². The van der Waals surface area contributed by atoms with Crippen molar-refractivity contribution in [2.75, 3.05) is 7.11 Å². The Morgan fingerprint density at radius 1 is 1.32 bits per heavy atom. The highest BCUT2D eigenvalue weighted by Crippen LogP contribution is 2.31. The van der Waals surface area contributed by atoms with E-state index in [1.807, 2.05) is 0 Å². The number of rotatable bonds is 7. The number of furan rings is 1. The van der Waals surface area contributed by atoms with Crippen LogP contribution in [0.2, 0.25) is 0 Å². The van der Waals surface area contributed by atoms with Gasteiger partial charge in [-0.05, 0) is 51.3 Å². The topological polar surface area (TPSA) is 92.6 Å². The molecular formula is C21H26N2O5. The number of nitrogens with one attached hydrogen (secondary N) is 1. The van der Waals surface area contributed by atoms with Crippen molar-refractivity contribution >= 4 is 17.7 Å². The number of hydrogen-bond acceptors (Lipinski definition) is 5. The Bertz CT molecular complexity index is 877. The number of aromatic amines is 1. The Labute approximate surface area is 164 Å². The molecule has 1 saturated carbocycles. The van der Waals surface area contributed by atoms with Crippen molar-refractivity contribution in [3.63, 3.8) is 0 Å². The van der Waals surface area contributed by atoms with Gasteiger partial charge >= 0.3 is 5.97 Å². The van der Waals surface area contributed by atoms with Gasteiger partial charge in [-0.15, -0.1) is 0 Å². The molecule has 28 heavy (non-hydrogen) atoms. The molecular weight excluding hydrogens is 360 g/mol. The van der Waals surface area contributed by atoms with Crippen LogP contribution < -0.4 is 0 Å². The molecule has 2 aromatic heterocycles. The van der Waals surface area contributed by atoms with Crippen molar-refractivity contribution in [2.45, 2.75) is 52.6 Å². The zero-order valence-electron chi connectivity index (χ0n) is 16.7. The average molecular weight is 386 g/mol. The van der Waals surface area contributed by atoms with E-state index < -0.39 is 12.0 Å². The minimum Gasteiger partial charge on any atom is -0.467 e. The van der Waals surface area contributed by atoms with Crippen LogP contribution in [0.5, 0.6) is 0 Å². The third-order valence-electron chi connectivity index (χ3n) is 5.56. The maximum atomic E-state index is 13.3. The molecule has 0 saturated heterocycles. The van der Waals surface area contributed by atoms with Gasteiger partial charge in [0.1, 0.15) is 11.5 Å². The van der Waals surface area contributed by atoms with E-state index in [4.69, 9.17) is 9.15 Å². The third-order valence-corrected chi connectivity index (χ3v) is 5.56. The monoisotopic (exact) mass is 386 g/mol. The Morgan fingerprint density at radius 3 is 2.57 bits per heavy atom. The number of Topliss-reactive ketones (excluding diaryl/α,β-unsaturated/α-hetero) is 1. The lowest BCUT2D eigenvalue weighted by atomic mass is 9.83. The van der Waals surface area contributed by atoms with Gasteiger partial charge in [0.05, 0.1) is 26.0 Å². The number of H-pyrrole nitrogens is 1. The first-order valence-corrected chi connectivity index (χ1v) is 9.49. The van der Waals surface area contributed by atoms with Gasteiger partial charge in [-0.2, -0.15) is 0 Å². The summed E-state index contributed by atoms with van der Waals surface area (Å²) in [5.74, 6) is -0.164. The molecule has 150 valence electrons. The van der Waals surface area contributed by atoms with E-state index >= 15 is 0 Å². The van der Waals surface area contributed by atoms with E-state index in [0.717, 1.165) is 19.3 Å². The van der Waals surface area contributed by atoms with Crippen molar-refractivity contribution < 1.29 is 23.5 Å². The minimum atomic E-state index is -0.683. The van der Waals surface area contributed by atoms with Crippen molar-refractivity contribution in [1.29, 1.82) is 0 Å². The molecule has 1 amide bonds. The number of ketones is 1. The summed E-state index contributed by atoms with van der Waals surface area (Å²) in [5, 5.41) is 0. The number of amides is 1. The molecule has 2 heterocycles. The molecule has 1 atom stereocenters. The van der Waals surface area contributed by atoms with Crippen LogP contribution in [-0.4, -0.2) is 40.7 Å². The van der Waals surface area contributed by atoms with Gasteiger partial charge in [0.25, 0.3) is 0 Å². The molecule has 0 bridgehead atoms. The number of aromatic nitrogens is 1. The molecule has 0 radical (unpaired) electrons. The Balaban J connectivity index is 1.90. The molecule has 7 heteroatoms. The lowest BCUT2D eigenvalue weighted by Gasteiger charge is -2.34. The fourth-order valence-corrected chi connectivity index (χ4v) is 3.64. The van der Waals surface area contributed by atoms with Crippen LogP contribution >= 0.6 is 0 Å². The van der Waals surface area contributed by atoms with E-state index in [0.29, 0.717) is 22.6 Å². The minimum absolute atomic E-state index is 0.0254. The van der Waals surface area contributed by atoms with Crippen LogP contribution in [0.3, 0.4) is 0 Å². The van der Waals surface area contributed by atoms with Crippen LogP contribution in [0.1, 0.15) is 64.1 Å². The summed E-state index contributed by atoms with van der Waals surface area (Å²) in [6, 6.07) is 2.87. The molecule has 0 aromatic carbocycles. The maximum absolute atomic E-state index is 13.3. The smallest absolute Gasteiger partial charge is 0.354 e. The first kappa shape index (κ1) is 19.9. The normalized spacial score (nSPS) is 15.0. The molecule has 2 aromatic rings. The number of carbonyl (C=O) groups is 3. The third kappa shape index (κ3) is 3.61. The van der Waals surface area contributed by atoms with Crippen LogP contribution in [0.15, 0.2) is 22.8 Å². The van der Waals surface area contributed by atoms with Crippen LogP contribution in [0.25, 0.3) is 0 Å². The summed E-state index contributed by atoms with van der Waals surface area (Å²) in [5.41, 5.74) is 1.82. The summed E-state index contributed by atoms with van der Waals surface area (Å²) >= 11 is 0. The number of esters is 1. The van der Waals surface area contributed by atoms with Crippen LogP contribution in [0.4, 0.5) is 0 Å². The molecule has 1 aliphatic carbocycles. The summed E-state index contributed by atoms with van der Waals surface area (Å²) in [4.78, 5) is 42.8. The lowest BCUT2D eigenvalue weighted by molar-refractivity contribution is -0.140. The zero-order valence-corrected chi connectivity index (χ0v) is 16.7. The molecule has 7 nitrogen and oxygen atoms in total. The van der Waals surface area contributed by atoms with E-state index in [9.17, 15) is 14.4 Å². The number of ether oxygens (including phenoxy) is 1. The number of hydrogen-bond donors (Lipinski definition) is 1. The number of methoxy groups -OCH3 is 1. The van der Waals surface area contributed by atoms with Gasteiger partial charge in [-0.25, -0.2) is 4.79 Å². The molecule has 1 aliphatic rings. The predicted molar refractivity (Wildman–Crippen MR) is 102 cm³/mol. The number of aryl methyl sites for hydroxylation is 1. The number of carbonyl (C=O) groups excluding carboxylic acids is 3. The fraction of sp³-hybridized carbons (Fsp3) is 0.476. The first-order chi connectivity index (χ1) is 13.3. The van der Waals surface area contributed by atoms with Crippen LogP contribution in [0, 0.1) is 19.8 Å². The highest BCUT2D eigenvalue weighted by molar-refractivity contribution is 6.06. The molecule has 0 spiro atoms. The average Bonchev–Trinajstić information content (AvgIpc) is 3.24. The van der Waals surface area contributed by atoms with Gasteiger partial charge in [-0.3, -0.25) is 9.59 Å². The van der Waals surface area contributed by atoms with Gasteiger partial charge in [0.15, 0.2) is 5.78 Å². The lowest BCUT2D eigenvalue weighted by Crippen LogP contribution is -2.47. The highest BCUT2D eigenvalue weighted by atomic mass is 16.5. The Kier molecular flexibility index (Phi) is 5.72. The largest absolute Gasteiger partial charge is 0.467 e. The summed E-state index contributed by atoms with van der Waals surface area (Å²) in [7, 11) is 1.30. The highest BCUT2D eigenvalue weighted by Gasteiger charge is 2.36. The van der Waals surface area contributed by atoms with Crippen molar-refractivity contribution in [2.24, 2.45) is 5.92 Å². The molecule has 1 fully saturated rings. The van der Waals surface area contributed by atoms with Crippen molar-refractivity contribution in [1.82, 2.24) is 9.88 Å². The van der Waals surface area contributed by atoms with Gasteiger partial charge in [-0.1, -0.05) is 6.42 Å². The fourth-order valence-electron chi connectivity index (χ4n) is 3.64. The molecule has 0 aliphatic heterocycles.